The van der Waals surface area contributed by atoms with E-state index in [2.05, 4.69) is 0 Å². The number of benzene rings is 1. The Balaban J connectivity index is 1.48. The molecule has 2 saturated heterocycles. The van der Waals surface area contributed by atoms with E-state index in [9.17, 15) is 14.7 Å². The number of carboxylic acid groups (broad SMARTS) is 1. The monoisotopic (exact) mass is 332 g/mol. The molecule has 0 spiro atoms. The number of nitrogens with zero attached hydrogens (tertiary/aromatic N) is 2. The number of likely N-dealkylation sites (tertiary alicyclic amines) is 1. The molecule has 1 amide bonds. The van der Waals surface area contributed by atoms with Gasteiger partial charge < -0.3 is 19.5 Å². The zero-order valence-electron chi connectivity index (χ0n) is 13.3. The molecule has 0 radical (unpaired) electrons. The Labute approximate surface area is 139 Å². The summed E-state index contributed by atoms with van der Waals surface area (Å²) in [6.45, 7) is 2.85. The Morgan fingerprint density at radius 1 is 1.33 bits per heavy atom. The summed E-state index contributed by atoms with van der Waals surface area (Å²) in [5, 5.41) is 9.59. The Morgan fingerprint density at radius 3 is 2.96 bits per heavy atom. The Morgan fingerprint density at radius 2 is 2.17 bits per heavy atom. The highest BCUT2D eigenvalue weighted by atomic mass is 16.5. The van der Waals surface area contributed by atoms with Gasteiger partial charge in [0.1, 0.15) is 17.8 Å². The highest BCUT2D eigenvalue weighted by molar-refractivity contribution is 5.96. The fraction of sp³-hybridized carbons (Fsp3) is 0.529. The molecule has 128 valence electrons. The first-order chi connectivity index (χ1) is 11.6. The molecule has 0 aromatic heterocycles. The molecule has 7 nitrogen and oxygen atoms in total. The Bertz CT molecular complexity index is 679. The van der Waals surface area contributed by atoms with Crippen LogP contribution in [0, 0.1) is 11.3 Å². The van der Waals surface area contributed by atoms with E-state index in [1.54, 1.807) is 4.90 Å². The molecular weight excluding hydrogens is 312 g/mol. The molecule has 0 unspecified atom stereocenters. The number of carbonyl (C=O) groups is 2. The van der Waals surface area contributed by atoms with Gasteiger partial charge in [0, 0.05) is 19.0 Å². The van der Waals surface area contributed by atoms with Crippen molar-refractivity contribution in [1.29, 1.82) is 0 Å². The van der Waals surface area contributed by atoms with Crippen LogP contribution in [0.5, 0.6) is 5.75 Å². The molecule has 1 aromatic rings. The first-order valence-corrected chi connectivity index (χ1v) is 8.16. The molecule has 1 aromatic carbocycles. The van der Waals surface area contributed by atoms with Crippen LogP contribution in [-0.4, -0.2) is 67.9 Å². The van der Waals surface area contributed by atoms with Crippen molar-refractivity contribution in [2.24, 2.45) is 11.3 Å². The number of hydrogen-bond acceptors (Lipinski definition) is 5. The SMILES string of the molecule is O=C(CN1C[C@@H]2COC[C@]2(C(=O)O)C1)N1CCOc2ccccc21. The van der Waals surface area contributed by atoms with E-state index in [0.717, 1.165) is 5.69 Å². The lowest BCUT2D eigenvalue weighted by Crippen LogP contribution is -2.45. The van der Waals surface area contributed by atoms with Gasteiger partial charge in [0.05, 0.1) is 32.0 Å². The van der Waals surface area contributed by atoms with Crippen molar-refractivity contribution in [3.8, 4) is 5.75 Å². The second kappa shape index (κ2) is 5.75. The molecule has 0 saturated carbocycles. The molecule has 0 bridgehead atoms. The van der Waals surface area contributed by atoms with Crippen LogP contribution < -0.4 is 9.64 Å². The van der Waals surface area contributed by atoms with Crippen LogP contribution in [0.3, 0.4) is 0 Å². The van der Waals surface area contributed by atoms with Gasteiger partial charge in [-0.05, 0) is 12.1 Å². The van der Waals surface area contributed by atoms with E-state index in [-0.39, 0.29) is 25.0 Å². The molecular formula is C17H20N2O5. The smallest absolute Gasteiger partial charge is 0.313 e. The second-order valence-corrected chi connectivity index (χ2v) is 6.70. The van der Waals surface area contributed by atoms with E-state index >= 15 is 0 Å². The standard InChI is InChI=1S/C17H20N2O5/c20-15(19-5-6-24-14-4-2-1-3-13(14)19)8-18-7-12-9-23-11-17(12,10-18)16(21)22/h1-4,12H,5-11H2,(H,21,22)/t12-,17-/m1/s1. The summed E-state index contributed by atoms with van der Waals surface area (Å²) in [7, 11) is 0. The molecule has 2 atom stereocenters. The van der Waals surface area contributed by atoms with Crippen LogP contribution in [0.2, 0.25) is 0 Å². The number of para-hydroxylation sites is 2. The third-order valence-corrected chi connectivity index (χ3v) is 5.26. The summed E-state index contributed by atoms with van der Waals surface area (Å²) in [4.78, 5) is 28.1. The Kier molecular flexibility index (Phi) is 3.69. The van der Waals surface area contributed by atoms with Crippen LogP contribution in [0.1, 0.15) is 0 Å². The average molecular weight is 332 g/mol. The van der Waals surface area contributed by atoms with Crippen LogP contribution in [-0.2, 0) is 14.3 Å². The van der Waals surface area contributed by atoms with Gasteiger partial charge in [0.2, 0.25) is 5.91 Å². The van der Waals surface area contributed by atoms with E-state index < -0.39 is 11.4 Å². The van der Waals surface area contributed by atoms with Crippen molar-refractivity contribution in [3.63, 3.8) is 0 Å². The number of carbonyl (C=O) groups excluding carboxylic acids is 1. The van der Waals surface area contributed by atoms with E-state index in [0.29, 0.717) is 38.6 Å². The van der Waals surface area contributed by atoms with Gasteiger partial charge in [-0.3, -0.25) is 14.5 Å². The zero-order valence-corrected chi connectivity index (χ0v) is 13.3. The third-order valence-electron chi connectivity index (χ3n) is 5.26. The van der Waals surface area contributed by atoms with E-state index in [4.69, 9.17) is 9.47 Å². The highest BCUT2D eigenvalue weighted by Crippen LogP contribution is 2.41. The van der Waals surface area contributed by atoms with Crippen LogP contribution in [0.25, 0.3) is 0 Å². The Hall–Kier alpha value is -2.12. The van der Waals surface area contributed by atoms with Crippen molar-refractivity contribution in [2.45, 2.75) is 0 Å². The number of rotatable bonds is 3. The molecule has 1 N–H and O–H groups in total. The van der Waals surface area contributed by atoms with Gasteiger partial charge in [0.15, 0.2) is 0 Å². The zero-order chi connectivity index (χ0) is 16.7. The summed E-state index contributed by atoms with van der Waals surface area (Å²) in [6.07, 6.45) is 0. The quantitative estimate of drug-likeness (QED) is 0.865. The topological polar surface area (TPSA) is 79.3 Å². The lowest BCUT2D eigenvalue weighted by molar-refractivity contribution is -0.149. The first-order valence-electron chi connectivity index (χ1n) is 8.16. The molecule has 3 aliphatic heterocycles. The van der Waals surface area contributed by atoms with Gasteiger partial charge in [-0.15, -0.1) is 0 Å². The summed E-state index contributed by atoms with van der Waals surface area (Å²) < 4.78 is 11.0. The largest absolute Gasteiger partial charge is 0.490 e. The molecule has 3 heterocycles. The van der Waals surface area contributed by atoms with Gasteiger partial charge in [-0.2, -0.15) is 0 Å². The summed E-state index contributed by atoms with van der Waals surface area (Å²) in [5.74, 6) is -0.172. The van der Waals surface area contributed by atoms with Gasteiger partial charge in [-0.25, -0.2) is 0 Å². The summed E-state index contributed by atoms with van der Waals surface area (Å²) in [5.41, 5.74) is -0.0761. The molecule has 0 aliphatic carbocycles. The van der Waals surface area contributed by atoms with Gasteiger partial charge in [-0.1, -0.05) is 12.1 Å². The number of anilines is 1. The minimum Gasteiger partial charge on any atom is -0.490 e. The van der Waals surface area contributed by atoms with Gasteiger partial charge in [0.25, 0.3) is 0 Å². The molecule has 3 aliphatic rings. The van der Waals surface area contributed by atoms with E-state index in [1.165, 1.54) is 0 Å². The fourth-order valence-electron chi connectivity index (χ4n) is 3.97. The van der Waals surface area contributed by atoms with Crippen molar-refractivity contribution in [1.82, 2.24) is 4.90 Å². The van der Waals surface area contributed by atoms with Gasteiger partial charge >= 0.3 is 5.97 Å². The normalized spacial score (nSPS) is 29.0. The maximum Gasteiger partial charge on any atom is 0.313 e. The number of fused-ring (bicyclic) bond motifs is 2. The lowest BCUT2D eigenvalue weighted by atomic mass is 9.81. The molecule has 24 heavy (non-hydrogen) atoms. The minimum atomic E-state index is -0.858. The van der Waals surface area contributed by atoms with Crippen LogP contribution in [0.15, 0.2) is 24.3 Å². The molecule has 7 heteroatoms. The predicted octanol–water partition coefficient (Wildman–Crippen LogP) is 0.445. The number of carboxylic acids is 1. The number of ether oxygens (including phenoxy) is 2. The molecule has 4 rings (SSSR count). The van der Waals surface area contributed by atoms with Crippen molar-refractivity contribution in [2.75, 3.05) is 50.9 Å². The lowest BCUT2D eigenvalue weighted by Gasteiger charge is -2.31. The van der Waals surface area contributed by atoms with Crippen LogP contribution >= 0.6 is 0 Å². The van der Waals surface area contributed by atoms with E-state index in [1.807, 2.05) is 29.2 Å². The van der Waals surface area contributed by atoms with Crippen molar-refractivity contribution in [3.05, 3.63) is 24.3 Å². The third kappa shape index (κ3) is 2.35. The second-order valence-electron chi connectivity index (χ2n) is 6.70. The average Bonchev–Trinajstić information content (AvgIpc) is 3.12. The predicted molar refractivity (Wildman–Crippen MR) is 85.1 cm³/mol. The molecule has 2 fully saturated rings. The summed E-state index contributed by atoms with van der Waals surface area (Å²) >= 11 is 0. The minimum absolute atomic E-state index is 0.0211. The fourth-order valence-corrected chi connectivity index (χ4v) is 3.97. The first kappa shape index (κ1) is 15.4. The summed E-state index contributed by atoms with van der Waals surface area (Å²) in [6, 6.07) is 7.49. The van der Waals surface area contributed by atoms with Crippen LogP contribution in [0.4, 0.5) is 5.69 Å². The maximum atomic E-state index is 12.8. The number of hydrogen-bond donors (Lipinski definition) is 1. The number of aliphatic carboxylic acids is 1. The van der Waals surface area contributed by atoms with Crippen molar-refractivity contribution >= 4 is 17.6 Å². The maximum absolute atomic E-state index is 12.8. The van der Waals surface area contributed by atoms with Crippen molar-refractivity contribution < 1.29 is 24.2 Å². The highest BCUT2D eigenvalue weighted by Gasteiger charge is 2.56. The number of amides is 1.